The number of likely N-dealkylation sites (N-methyl/N-ethyl adjacent to an activating group) is 1. The first kappa shape index (κ1) is 13.8. The fourth-order valence-corrected chi connectivity index (χ4v) is 2.21. The number of aliphatic hydroxyl groups excluding tert-OH is 1. The Balaban J connectivity index is 2.31. The molecule has 1 unspecified atom stereocenters. The average Bonchev–Trinajstić information content (AvgIpc) is 2.42. The molecule has 1 heterocycles. The molecule has 1 aliphatic heterocycles. The molecular weight excluding hydrogens is 244 g/mol. The summed E-state index contributed by atoms with van der Waals surface area (Å²) in [5, 5.41) is 12.2. The molecule has 2 rings (SSSR count). The Morgan fingerprint density at radius 3 is 2.95 bits per heavy atom. The van der Waals surface area contributed by atoms with Crippen LogP contribution in [0, 0.1) is 0 Å². The molecule has 0 spiro atoms. The summed E-state index contributed by atoms with van der Waals surface area (Å²) in [6.45, 7) is 2.85. The van der Waals surface area contributed by atoms with Crippen LogP contribution in [0.3, 0.4) is 0 Å². The van der Waals surface area contributed by atoms with E-state index in [4.69, 9.17) is 9.84 Å². The normalized spacial score (nSPS) is 18.2. The Kier molecular flexibility index (Phi) is 4.39. The van der Waals surface area contributed by atoms with E-state index in [9.17, 15) is 4.79 Å². The van der Waals surface area contributed by atoms with Gasteiger partial charge in [0.15, 0.2) is 6.10 Å². The number of nitrogens with zero attached hydrogens (tertiary/aromatic N) is 1. The lowest BCUT2D eigenvalue weighted by atomic mass is 10.1. The third kappa shape index (κ3) is 2.88. The molecule has 5 nitrogen and oxygen atoms in total. The highest BCUT2D eigenvalue weighted by atomic mass is 16.5. The summed E-state index contributed by atoms with van der Waals surface area (Å²) >= 11 is 0. The predicted octanol–water partition coefficient (Wildman–Crippen LogP) is 0.555. The summed E-state index contributed by atoms with van der Waals surface area (Å²) in [6, 6.07) is 5.87. The first-order valence-electron chi connectivity index (χ1n) is 6.53. The number of carbonyl (C=O) groups excluding carboxylic acids is 1. The number of benzene rings is 1. The van der Waals surface area contributed by atoms with Gasteiger partial charge in [-0.2, -0.15) is 0 Å². The van der Waals surface area contributed by atoms with Gasteiger partial charge >= 0.3 is 0 Å². The van der Waals surface area contributed by atoms with Gasteiger partial charge in [-0.05, 0) is 44.6 Å². The van der Waals surface area contributed by atoms with Crippen molar-refractivity contribution in [3.05, 3.63) is 23.8 Å². The molecule has 104 valence electrons. The Labute approximate surface area is 113 Å². The van der Waals surface area contributed by atoms with E-state index in [-0.39, 0.29) is 12.5 Å². The van der Waals surface area contributed by atoms with Crippen molar-refractivity contribution in [1.29, 1.82) is 0 Å². The number of rotatable bonds is 5. The second-order valence-corrected chi connectivity index (χ2v) is 4.63. The fourth-order valence-electron chi connectivity index (χ4n) is 2.21. The zero-order valence-electron chi connectivity index (χ0n) is 11.3. The van der Waals surface area contributed by atoms with Crippen molar-refractivity contribution < 1.29 is 14.6 Å². The van der Waals surface area contributed by atoms with E-state index in [1.54, 1.807) is 11.8 Å². The molecule has 0 bridgehead atoms. The maximum absolute atomic E-state index is 12.1. The van der Waals surface area contributed by atoms with Gasteiger partial charge in [-0.3, -0.25) is 4.79 Å². The standard InChI is InChI=1S/C14H20N2O3/c1-10-14(18)16(7-8-17)12-9-11(5-6-15-2)3-4-13(12)19-10/h3-4,9-10,15,17H,5-8H2,1-2H3. The van der Waals surface area contributed by atoms with Crippen molar-refractivity contribution >= 4 is 11.6 Å². The second kappa shape index (κ2) is 6.04. The average molecular weight is 264 g/mol. The van der Waals surface area contributed by atoms with Crippen LogP contribution in [0.2, 0.25) is 0 Å². The largest absolute Gasteiger partial charge is 0.479 e. The van der Waals surface area contributed by atoms with Crippen LogP contribution in [-0.2, 0) is 11.2 Å². The number of carbonyl (C=O) groups is 1. The number of amides is 1. The zero-order valence-corrected chi connectivity index (χ0v) is 11.3. The summed E-state index contributed by atoms with van der Waals surface area (Å²) in [5.41, 5.74) is 1.90. The Morgan fingerprint density at radius 2 is 2.26 bits per heavy atom. The van der Waals surface area contributed by atoms with Gasteiger partial charge in [0, 0.05) is 6.54 Å². The van der Waals surface area contributed by atoms with Gasteiger partial charge < -0.3 is 20.1 Å². The SMILES string of the molecule is CNCCc1ccc2c(c1)N(CCO)C(=O)C(C)O2. The lowest BCUT2D eigenvalue weighted by Gasteiger charge is -2.33. The summed E-state index contributed by atoms with van der Waals surface area (Å²) in [5.74, 6) is 0.598. The molecule has 1 aromatic rings. The summed E-state index contributed by atoms with van der Waals surface area (Å²) in [7, 11) is 1.91. The first-order valence-corrected chi connectivity index (χ1v) is 6.53. The van der Waals surface area contributed by atoms with Gasteiger partial charge in [0.05, 0.1) is 12.3 Å². The molecule has 19 heavy (non-hydrogen) atoms. The van der Waals surface area contributed by atoms with Gasteiger partial charge in [0.2, 0.25) is 0 Å². The highest BCUT2D eigenvalue weighted by Gasteiger charge is 2.31. The van der Waals surface area contributed by atoms with Crippen LogP contribution in [0.5, 0.6) is 5.75 Å². The quantitative estimate of drug-likeness (QED) is 0.815. The summed E-state index contributed by atoms with van der Waals surface area (Å²) in [4.78, 5) is 13.7. The third-order valence-corrected chi connectivity index (χ3v) is 3.22. The number of aliphatic hydroxyl groups is 1. The Morgan fingerprint density at radius 1 is 1.47 bits per heavy atom. The van der Waals surface area contributed by atoms with Crippen molar-refractivity contribution in [1.82, 2.24) is 5.32 Å². The number of nitrogens with one attached hydrogen (secondary N) is 1. The maximum atomic E-state index is 12.1. The summed E-state index contributed by atoms with van der Waals surface area (Å²) in [6.07, 6.45) is 0.391. The molecule has 0 saturated carbocycles. The highest BCUT2D eigenvalue weighted by molar-refractivity contribution is 5.99. The highest BCUT2D eigenvalue weighted by Crippen LogP contribution is 2.34. The topological polar surface area (TPSA) is 61.8 Å². The minimum absolute atomic E-state index is 0.0569. The van der Waals surface area contributed by atoms with E-state index >= 15 is 0 Å². The molecule has 0 aliphatic carbocycles. The molecule has 1 amide bonds. The molecule has 0 aromatic heterocycles. The molecule has 0 radical (unpaired) electrons. The van der Waals surface area contributed by atoms with Gasteiger partial charge in [-0.1, -0.05) is 6.07 Å². The van der Waals surface area contributed by atoms with Gasteiger partial charge in [0.25, 0.3) is 5.91 Å². The molecule has 1 aromatic carbocycles. The number of hydrogen-bond donors (Lipinski definition) is 2. The van der Waals surface area contributed by atoms with Gasteiger partial charge in [-0.15, -0.1) is 0 Å². The van der Waals surface area contributed by atoms with Crippen LogP contribution >= 0.6 is 0 Å². The molecule has 1 aliphatic rings. The summed E-state index contributed by atoms with van der Waals surface area (Å²) < 4.78 is 5.59. The first-order chi connectivity index (χ1) is 9.17. The second-order valence-electron chi connectivity index (χ2n) is 4.63. The number of anilines is 1. The van der Waals surface area contributed by atoms with Gasteiger partial charge in [0.1, 0.15) is 5.75 Å². The molecule has 2 N–H and O–H groups in total. The van der Waals surface area contributed by atoms with E-state index < -0.39 is 6.10 Å². The van der Waals surface area contributed by atoms with Crippen LogP contribution in [0.1, 0.15) is 12.5 Å². The maximum Gasteiger partial charge on any atom is 0.267 e. The predicted molar refractivity (Wildman–Crippen MR) is 73.6 cm³/mol. The minimum Gasteiger partial charge on any atom is -0.479 e. The Hall–Kier alpha value is -1.59. The molecule has 0 saturated heterocycles. The van der Waals surface area contributed by atoms with E-state index in [0.29, 0.717) is 12.3 Å². The van der Waals surface area contributed by atoms with Crippen LogP contribution in [0.4, 0.5) is 5.69 Å². The van der Waals surface area contributed by atoms with E-state index in [1.807, 2.05) is 25.2 Å². The van der Waals surface area contributed by atoms with Crippen LogP contribution < -0.4 is 15.0 Å². The Bertz CT molecular complexity index is 462. The lowest BCUT2D eigenvalue weighted by molar-refractivity contribution is -0.125. The smallest absolute Gasteiger partial charge is 0.267 e. The number of β-amino-alcohol motifs (C(OH)–C–C–N with tert-alkyl or cyclic N) is 1. The van der Waals surface area contributed by atoms with Crippen LogP contribution in [0.25, 0.3) is 0 Å². The zero-order chi connectivity index (χ0) is 13.8. The van der Waals surface area contributed by atoms with Crippen molar-refractivity contribution in [3.8, 4) is 5.75 Å². The van der Waals surface area contributed by atoms with E-state index in [0.717, 1.165) is 24.2 Å². The number of ether oxygens (including phenoxy) is 1. The van der Waals surface area contributed by atoms with Crippen molar-refractivity contribution in [2.45, 2.75) is 19.4 Å². The van der Waals surface area contributed by atoms with Gasteiger partial charge in [-0.25, -0.2) is 0 Å². The van der Waals surface area contributed by atoms with E-state index in [1.165, 1.54) is 0 Å². The van der Waals surface area contributed by atoms with Crippen LogP contribution in [-0.4, -0.2) is 43.9 Å². The fraction of sp³-hybridized carbons (Fsp3) is 0.500. The molecular formula is C14H20N2O3. The van der Waals surface area contributed by atoms with Crippen molar-refractivity contribution in [2.24, 2.45) is 0 Å². The van der Waals surface area contributed by atoms with Crippen molar-refractivity contribution in [2.75, 3.05) is 31.6 Å². The molecule has 0 fully saturated rings. The van der Waals surface area contributed by atoms with E-state index in [2.05, 4.69) is 5.32 Å². The van der Waals surface area contributed by atoms with Crippen LogP contribution in [0.15, 0.2) is 18.2 Å². The van der Waals surface area contributed by atoms with Crippen molar-refractivity contribution in [3.63, 3.8) is 0 Å². The third-order valence-electron chi connectivity index (χ3n) is 3.22. The lowest BCUT2D eigenvalue weighted by Crippen LogP contribution is -2.45. The monoisotopic (exact) mass is 264 g/mol. The minimum atomic E-state index is -0.498. The number of hydrogen-bond acceptors (Lipinski definition) is 4. The molecule has 5 heteroatoms. The number of fused-ring (bicyclic) bond motifs is 1. The molecule has 1 atom stereocenters.